The number of aromatic nitrogens is 2. The van der Waals surface area contributed by atoms with Gasteiger partial charge in [0.05, 0.1) is 28.0 Å². The predicted molar refractivity (Wildman–Crippen MR) is 151 cm³/mol. The maximum Gasteiger partial charge on any atom is 0.261 e. The number of benzene rings is 4. The maximum absolute atomic E-state index is 13.6. The molecular weight excluding hydrogens is 505 g/mol. The van der Waals surface area contributed by atoms with Gasteiger partial charge in [0.25, 0.3) is 11.5 Å². The van der Waals surface area contributed by atoms with Crippen LogP contribution in [-0.4, -0.2) is 15.5 Å². The second-order valence-corrected chi connectivity index (χ2v) is 9.49. The number of rotatable bonds is 6. The number of nitrogens with zero attached hydrogens (tertiary/aromatic N) is 2. The topological polar surface area (TPSA) is 64.0 Å². The van der Waals surface area contributed by atoms with Crippen molar-refractivity contribution in [2.45, 2.75) is 19.9 Å². The van der Waals surface area contributed by atoms with Crippen molar-refractivity contribution in [3.05, 3.63) is 128 Å². The Balaban J connectivity index is 1.46. The summed E-state index contributed by atoms with van der Waals surface area (Å²) in [7, 11) is 0. The smallest absolute Gasteiger partial charge is 0.261 e. The van der Waals surface area contributed by atoms with Gasteiger partial charge in [-0.2, -0.15) is 0 Å². The summed E-state index contributed by atoms with van der Waals surface area (Å²) in [4.78, 5) is 31.0. The van der Waals surface area contributed by atoms with E-state index < -0.39 is 0 Å². The molecule has 0 bridgehead atoms. The van der Waals surface area contributed by atoms with Gasteiger partial charge in [-0.15, -0.1) is 0 Å². The summed E-state index contributed by atoms with van der Waals surface area (Å²) in [6.07, 6.45) is 0.608. The Kier molecular flexibility index (Phi) is 7.08. The van der Waals surface area contributed by atoms with Gasteiger partial charge >= 0.3 is 0 Å². The monoisotopic (exact) mass is 527 g/mol. The van der Waals surface area contributed by atoms with Gasteiger partial charge in [0, 0.05) is 17.1 Å². The van der Waals surface area contributed by atoms with Gasteiger partial charge < -0.3 is 5.32 Å². The Hall–Kier alpha value is -3.93. The number of carbonyl (C=O) groups excluding carboxylic acids is 1. The van der Waals surface area contributed by atoms with Crippen molar-refractivity contribution in [2.24, 2.45) is 0 Å². The molecule has 5 nitrogen and oxygen atoms in total. The zero-order valence-electron chi connectivity index (χ0n) is 20.0. The lowest BCUT2D eigenvalue weighted by Crippen LogP contribution is -2.26. The van der Waals surface area contributed by atoms with Gasteiger partial charge in [-0.3, -0.25) is 14.2 Å². The maximum atomic E-state index is 13.6. The van der Waals surface area contributed by atoms with Gasteiger partial charge in [-0.25, -0.2) is 4.98 Å². The molecule has 0 aliphatic heterocycles. The first-order valence-corrected chi connectivity index (χ1v) is 12.6. The number of amides is 1. The highest BCUT2D eigenvalue weighted by Crippen LogP contribution is 2.24. The molecule has 184 valence electrons. The number of fused-ring (bicyclic) bond motifs is 1. The SMILES string of the molecule is CCc1nc2ccc(NC(=O)c3ccccc3Cl)cc2c(=O)n1Cc1ccc(-c2cccc(Cl)c2)cc1. The molecule has 5 rings (SSSR count). The number of anilines is 1. The van der Waals surface area contributed by atoms with Crippen LogP contribution < -0.4 is 10.9 Å². The highest BCUT2D eigenvalue weighted by molar-refractivity contribution is 6.34. The van der Waals surface area contributed by atoms with Crippen LogP contribution in [0.25, 0.3) is 22.0 Å². The molecule has 0 radical (unpaired) electrons. The van der Waals surface area contributed by atoms with Crippen molar-refractivity contribution < 1.29 is 4.79 Å². The molecule has 5 aromatic rings. The second-order valence-electron chi connectivity index (χ2n) is 8.65. The van der Waals surface area contributed by atoms with Crippen LogP contribution in [0.4, 0.5) is 5.69 Å². The van der Waals surface area contributed by atoms with Crippen molar-refractivity contribution in [3.8, 4) is 11.1 Å². The molecule has 0 fully saturated rings. The Morgan fingerprint density at radius 1 is 0.892 bits per heavy atom. The number of hydrogen-bond donors (Lipinski definition) is 1. The number of hydrogen-bond acceptors (Lipinski definition) is 3. The largest absolute Gasteiger partial charge is 0.322 e. The molecule has 37 heavy (non-hydrogen) atoms. The van der Waals surface area contributed by atoms with Crippen molar-refractivity contribution in [1.82, 2.24) is 9.55 Å². The summed E-state index contributed by atoms with van der Waals surface area (Å²) < 4.78 is 1.69. The second kappa shape index (κ2) is 10.6. The van der Waals surface area contributed by atoms with E-state index in [-0.39, 0.29) is 11.5 Å². The van der Waals surface area contributed by atoms with Crippen molar-refractivity contribution in [3.63, 3.8) is 0 Å². The predicted octanol–water partition coefficient (Wildman–Crippen LogP) is 7.23. The van der Waals surface area contributed by atoms with E-state index in [9.17, 15) is 9.59 Å². The summed E-state index contributed by atoms with van der Waals surface area (Å²) in [5.41, 5.74) is 4.35. The Bertz CT molecular complexity index is 1680. The standard InChI is InChI=1S/C30H23Cl2N3O2/c1-2-28-34-27-15-14-23(33-29(36)24-8-3-4-9-26(24)32)17-25(27)30(37)35(28)18-19-10-12-20(13-11-19)21-6-5-7-22(31)16-21/h3-17H,2,18H2,1H3,(H,33,36). The normalized spacial score (nSPS) is 11.0. The van der Waals surface area contributed by atoms with Gasteiger partial charge in [0.1, 0.15) is 5.82 Å². The quantitative estimate of drug-likeness (QED) is 0.253. The molecule has 0 unspecified atom stereocenters. The first-order chi connectivity index (χ1) is 17.9. The first kappa shape index (κ1) is 24.8. The lowest BCUT2D eigenvalue weighted by Gasteiger charge is -2.14. The molecule has 0 saturated carbocycles. The molecule has 0 aliphatic rings. The highest BCUT2D eigenvalue weighted by atomic mass is 35.5. The van der Waals surface area contributed by atoms with Crippen LogP contribution in [0.5, 0.6) is 0 Å². The average Bonchev–Trinajstić information content (AvgIpc) is 2.91. The fourth-order valence-corrected chi connectivity index (χ4v) is 4.69. The molecule has 0 atom stereocenters. The van der Waals surface area contributed by atoms with E-state index >= 15 is 0 Å². The van der Waals surface area contributed by atoms with E-state index in [1.165, 1.54) is 0 Å². The van der Waals surface area contributed by atoms with E-state index in [1.54, 1.807) is 47.0 Å². The molecule has 0 saturated heterocycles. The summed E-state index contributed by atoms with van der Waals surface area (Å²) in [6.45, 7) is 2.36. The molecule has 4 aromatic carbocycles. The molecule has 0 spiro atoms. The fourth-order valence-electron chi connectivity index (χ4n) is 4.27. The van der Waals surface area contributed by atoms with Crippen molar-refractivity contribution >= 4 is 45.7 Å². The average molecular weight is 528 g/mol. The van der Waals surface area contributed by atoms with Gasteiger partial charge in [0.2, 0.25) is 0 Å². The summed E-state index contributed by atoms with van der Waals surface area (Å²) in [5.74, 6) is 0.354. The van der Waals surface area contributed by atoms with E-state index in [2.05, 4.69) is 5.32 Å². The highest BCUT2D eigenvalue weighted by Gasteiger charge is 2.14. The summed E-state index contributed by atoms with van der Waals surface area (Å²) >= 11 is 12.3. The van der Waals surface area contributed by atoms with E-state index in [1.807, 2.05) is 55.5 Å². The third-order valence-corrected chi connectivity index (χ3v) is 6.74. The van der Waals surface area contributed by atoms with Crippen LogP contribution in [0.1, 0.15) is 28.7 Å². The number of carbonyl (C=O) groups is 1. The van der Waals surface area contributed by atoms with Crippen LogP contribution in [0.15, 0.2) is 95.8 Å². The van der Waals surface area contributed by atoms with Crippen molar-refractivity contribution in [1.29, 1.82) is 0 Å². The molecule has 1 N–H and O–H groups in total. The number of nitrogens with one attached hydrogen (secondary N) is 1. The summed E-state index contributed by atoms with van der Waals surface area (Å²) in [6, 6.07) is 27.7. The van der Waals surface area contributed by atoms with E-state index in [4.69, 9.17) is 28.2 Å². The number of aryl methyl sites for hydroxylation is 1. The van der Waals surface area contributed by atoms with Gasteiger partial charge in [0.15, 0.2) is 0 Å². The molecule has 1 heterocycles. The molecule has 1 amide bonds. The van der Waals surface area contributed by atoms with E-state index in [0.717, 1.165) is 16.7 Å². The minimum absolute atomic E-state index is 0.158. The Labute approximate surface area is 224 Å². The van der Waals surface area contributed by atoms with Crippen molar-refractivity contribution in [2.75, 3.05) is 5.32 Å². The first-order valence-electron chi connectivity index (χ1n) is 11.9. The van der Waals surface area contributed by atoms with Crippen LogP contribution in [0.2, 0.25) is 10.0 Å². The molecule has 0 aliphatic carbocycles. The fraction of sp³-hybridized carbons (Fsp3) is 0.100. The Morgan fingerprint density at radius 3 is 2.41 bits per heavy atom. The van der Waals surface area contributed by atoms with Gasteiger partial charge in [-0.1, -0.05) is 78.7 Å². The number of halogens is 2. The lowest BCUT2D eigenvalue weighted by molar-refractivity contribution is 0.102. The van der Waals surface area contributed by atoms with Gasteiger partial charge in [-0.05, 0) is 59.2 Å². The van der Waals surface area contributed by atoms with Crippen LogP contribution >= 0.6 is 23.2 Å². The third-order valence-electron chi connectivity index (χ3n) is 6.18. The molecular formula is C30H23Cl2N3O2. The third kappa shape index (κ3) is 5.29. The van der Waals surface area contributed by atoms with E-state index in [0.29, 0.717) is 51.0 Å². The Morgan fingerprint density at radius 2 is 1.68 bits per heavy atom. The van der Waals surface area contributed by atoms with Crippen LogP contribution in [0.3, 0.4) is 0 Å². The minimum Gasteiger partial charge on any atom is -0.322 e. The molecule has 1 aromatic heterocycles. The minimum atomic E-state index is -0.344. The zero-order chi connectivity index (χ0) is 25.9. The van der Waals surface area contributed by atoms with Crippen LogP contribution in [0, 0.1) is 0 Å². The van der Waals surface area contributed by atoms with Crippen LogP contribution in [-0.2, 0) is 13.0 Å². The lowest BCUT2D eigenvalue weighted by atomic mass is 10.0. The molecule has 7 heteroatoms. The summed E-state index contributed by atoms with van der Waals surface area (Å²) in [5, 5.41) is 4.31. The zero-order valence-corrected chi connectivity index (χ0v) is 21.6.